The Morgan fingerprint density at radius 3 is 2.21 bits per heavy atom. The van der Waals surface area contributed by atoms with Crippen LogP contribution in [0.1, 0.15) is 36.5 Å². The topological polar surface area (TPSA) is 75.7 Å². The molecular weight excluding hydrogens is 436 g/mol. The van der Waals surface area contributed by atoms with Gasteiger partial charge in [0.15, 0.2) is 6.61 Å². The van der Waals surface area contributed by atoms with Gasteiger partial charge in [-0.25, -0.2) is 8.42 Å². The highest BCUT2D eigenvalue weighted by molar-refractivity contribution is 7.92. The molecule has 0 saturated carbocycles. The zero-order valence-corrected chi connectivity index (χ0v) is 20.4. The summed E-state index contributed by atoms with van der Waals surface area (Å²) in [7, 11) is -2.16. The Labute approximate surface area is 196 Å². The Hall–Kier alpha value is -3.32. The van der Waals surface area contributed by atoms with Gasteiger partial charge in [0.2, 0.25) is 0 Å². The summed E-state index contributed by atoms with van der Waals surface area (Å²) in [6.45, 7) is 7.88. The SMILES string of the molecule is Cc1ccc(S(=O)(=O)N(C)c2ccc(OCC(=O)Nc3c(C)cccc3C(C)C)cc2)cc1. The summed E-state index contributed by atoms with van der Waals surface area (Å²) < 4.78 is 32.6. The highest BCUT2D eigenvalue weighted by Crippen LogP contribution is 2.28. The average Bonchev–Trinajstić information content (AvgIpc) is 2.79. The monoisotopic (exact) mass is 466 g/mol. The quantitative estimate of drug-likeness (QED) is 0.491. The van der Waals surface area contributed by atoms with Crippen LogP contribution in [0, 0.1) is 13.8 Å². The summed E-state index contributed by atoms with van der Waals surface area (Å²) in [6.07, 6.45) is 0. The fraction of sp³-hybridized carbons (Fsp3) is 0.269. The third-order valence-electron chi connectivity index (χ3n) is 5.44. The standard InChI is InChI=1S/C26H30N2O4S/c1-18(2)24-8-6-7-20(4)26(24)27-25(29)17-32-22-13-11-21(12-14-22)28(5)33(30,31)23-15-9-19(3)10-16-23/h6-16,18H,17H2,1-5H3,(H,27,29). The molecule has 0 aliphatic rings. The van der Waals surface area contributed by atoms with Crippen LogP contribution in [0.25, 0.3) is 0 Å². The Morgan fingerprint density at radius 1 is 0.970 bits per heavy atom. The Morgan fingerprint density at radius 2 is 1.61 bits per heavy atom. The van der Waals surface area contributed by atoms with Gasteiger partial charge >= 0.3 is 0 Å². The number of hydrogen-bond donors (Lipinski definition) is 1. The van der Waals surface area contributed by atoms with Crippen LogP contribution in [0.5, 0.6) is 5.75 Å². The van der Waals surface area contributed by atoms with Gasteiger partial charge in [-0.1, -0.05) is 49.7 Å². The molecule has 33 heavy (non-hydrogen) atoms. The number of ether oxygens (including phenoxy) is 1. The van der Waals surface area contributed by atoms with E-state index in [4.69, 9.17) is 4.74 Å². The van der Waals surface area contributed by atoms with Gasteiger partial charge < -0.3 is 10.1 Å². The summed E-state index contributed by atoms with van der Waals surface area (Å²) in [6, 6.07) is 19.3. The van der Waals surface area contributed by atoms with E-state index in [0.717, 1.165) is 22.4 Å². The molecule has 0 fully saturated rings. The molecule has 0 aliphatic heterocycles. The van der Waals surface area contributed by atoms with Crippen molar-refractivity contribution >= 4 is 27.3 Å². The number of benzene rings is 3. The Balaban J connectivity index is 1.64. The second-order valence-electron chi connectivity index (χ2n) is 8.31. The fourth-order valence-corrected chi connectivity index (χ4v) is 4.62. The van der Waals surface area contributed by atoms with Crippen LogP contribution in [-0.2, 0) is 14.8 Å². The number of carbonyl (C=O) groups is 1. The van der Waals surface area contributed by atoms with Crippen molar-refractivity contribution in [2.75, 3.05) is 23.3 Å². The number of hydrogen-bond acceptors (Lipinski definition) is 4. The first kappa shape index (κ1) is 24.3. The van der Waals surface area contributed by atoms with E-state index >= 15 is 0 Å². The van der Waals surface area contributed by atoms with Crippen molar-refractivity contribution in [3.8, 4) is 5.75 Å². The number of para-hydroxylation sites is 1. The van der Waals surface area contributed by atoms with Crippen molar-refractivity contribution in [2.24, 2.45) is 0 Å². The van der Waals surface area contributed by atoms with Gasteiger partial charge in [-0.05, 0) is 67.3 Å². The van der Waals surface area contributed by atoms with Crippen molar-refractivity contribution in [1.82, 2.24) is 0 Å². The summed E-state index contributed by atoms with van der Waals surface area (Å²) in [4.78, 5) is 12.7. The third-order valence-corrected chi connectivity index (χ3v) is 7.24. The molecule has 7 heteroatoms. The predicted octanol–water partition coefficient (Wildman–Crippen LogP) is 5.27. The first-order valence-electron chi connectivity index (χ1n) is 10.8. The van der Waals surface area contributed by atoms with Gasteiger partial charge in [-0.3, -0.25) is 9.10 Å². The van der Waals surface area contributed by atoms with Crippen molar-refractivity contribution in [3.05, 3.63) is 83.4 Å². The maximum absolute atomic E-state index is 12.9. The van der Waals surface area contributed by atoms with Crippen LogP contribution in [0.4, 0.5) is 11.4 Å². The van der Waals surface area contributed by atoms with Crippen molar-refractivity contribution in [2.45, 2.75) is 38.5 Å². The lowest BCUT2D eigenvalue weighted by Crippen LogP contribution is -2.26. The minimum atomic E-state index is -3.67. The summed E-state index contributed by atoms with van der Waals surface area (Å²) in [5, 5.41) is 2.95. The zero-order chi connectivity index (χ0) is 24.2. The van der Waals surface area contributed by atoms with E-state index in [1.165, 1.54) is 11.4 Å². The molecule has 0 spiro atoms. The molecule has 0 unspecified atom stereocenters. The van der Waals surface area contributed by atoms with Crippen LogP contribution in [0.3, 0.4) is 0 Å². The molecule has 3 aromatic rings. The lowest BCUT2D eigenvalue weighted by Gasteiger charge is -2.20. The number of rotatable bonds is 8. The minimum Gasteiger partial charge on any atom is -0.484 e. The van der Waals surface area contributed by atoms with Gasteiger partial charge in [0.05, 0.1) is 10.6 Å². The fourth-order valence-electron chi connectivity index (χ4n) is 3.43. The lowest BCUT2D eigenvalue weighted by molar-refractivity contribution is -0.118. The highest BCUT2D eigenvalue weighted by atomic mass is 32.2. The molecule has 174 valence electrons. The van der Waals surface area contributed by atoms with Gasteiger partial charge in [-0.15, -0.1) is 0 Å². The number of sulfonamides is 1. The molecule has 6 nitrogen and oxygen atoms in total. The number of carbonyl (C=O) groups excluding carboxylic acids is 1. The largest absolute Gasteiger partial charge is 0.484 e. The van der Waals surface area contributed by atoms with Gasteiger partial charge in [0, 0.05) is 12.7 Å². The van der Waals surface area contributed by atoms with E-state index in [1.807, 2.05) is 32.0 Å². The van der Waals surface area contributed by atoms with Crippen LogP contribution in [0.15, 0.2) is 71.6 Å². The molecule has 0 bridgehead atoms. The van der Waals surface area contributed by atoms with Crippen molar-refractivity contribution < 1.29 is 17.9 Å². The normalized spacial score (nSPS) is 11.3. The Kier molecular flexibility index (Phi) is 7.43. The minimum absolute atomic E-state index is 0.150. The summed E-state index contributed by atoms with van der Waals surface area (Å²) >= 11 is 0. The molecule has 0 aliphatic carbocycles. The number of anilines is 2. The van der Waals surface area contributed by atoms with E-state index in [-0.39, 0.29) is 23.3 Å². The molecule has 0 saturated heterocycles. The van der Waals surface area contributed by atoms with Crippen LogP contribution in [-0.4, -0.2) is 28.0 Å². The molecule has 0 atom stereocenters. The predicted molar refractivity (Wildman–Crippen MR) is 133 cm³/mol. The van der Waals surface area contributed by atoms with Gasteiger partial charge in [-0.2, -0.15) is 0 Å². The number of amides is 1. The smallest absolute Gasteiger partial charge is 0.264 e. The van der Waals surface area contributed by atoms with Crippen molar-refractivity contribution in [3.63, 3.8) is 0 Å². The number of nitrogens with one attached hydrogen (secondary N) is 1. The molecule has 1 amide bonds. The molecule has 0 radical (unpaired) electrons. The van der Waals surface area contributed by atoms with Gasteiger partial charge in [0.25, 0.3) is 15.9 Å². The average molecular weight is 467 g/mol. The van der Waals surface area contributed by atoms with Crippen molar-refractivity contribution in [1.29, 1.82) is 0 Å². The molecule has 1 N–H and O–H groups in total. The van der Waals surface area contributed by atoms with E-state index in [0.29, 0.717) is 11.4 Å². The Bertz CT molecular complexity index is 1220. The zero-order valence-electron chi connectivity index (χ0n) is 19.6. The second kappa shape index (κ2) is 10.1. The highest BCUT2D eigenvalue weighted by Gasteiger charge is 2.21. The third kappa shape index (κ3) is 5.73. The molecule has 3 aromatic carbocycles. The number of aryl methyl sites for hydroxylation is 2. The summed E-state index contributed by atoms with van der Waals surface area (Å²) in [5.41, 5.74) is 4.38. The molecular formula is C26H30N2O4S. The van der Waals surface area contributed by atoms with Crippen LogP contribution < -0.4 is 14.4 Å². The summed E-state index contributed by atoms with van der Waals surface area (Å²) in [5.74, 6) is 0.500. The second-order valence-corrected chi connectivity index (χ2v) is 10.3. The van der Waals surface area contributed by atoms with Crippen LogP contribution in [0.2, 0.25) is 0 Å². The lowest BCUT2D eigenvalue weighted by atomic mass is 9.98. The van der Waals surface area contributed by atoms with E-state index in [1.54, 1.807) is 48.5 Å². The van der Waals surface area contributed by atoms with E-state index in [9.17, 15) is 13.2 Å². The van der Waals surface area contributed by atoms with Crippen LogP contribution >= 0.6 is 0 Å². The molecule has 0 aromatic heterocycles. The first-order valence-corrected chi connectivity index (χ1v) is 12.2. The van der Waals surface area contributed by atoms with E-state index in [2.05, 4.69) is 19.2 Å². The maximum Gasteiger partial charge on any atom is 0.264 e. The number of nitrogens with zero attached hydrogens (tertiary/aromatic N) is 1. The van der Waals surface area contributed by atoms with E-state index < -0.39 is 10.0 Å². The maximum atomic E-state index is 12.9. The molecule has 0 heterocycles. The molecule has 3 rings (SSSR count). The van der Waals surface area contributed by atoms with Gasteiger partial charge in [0.1, 0.15) is 5.75 Å². The first-order chi connectivity index (χ1) is 15.6.